The minimum atomic E-state index is 0.404. The summed E-state index contributed by atoms with van der Waals surface area (Å²) in [5.41, 5.74) is 1.75. The SMILES string of the molecule is CCOC=C(C)C(C)CC(C)(C)C. The van der Waals surface area contributed by atoms with Crippen molar-refractivity contribution in [1.29, 1.82) is 0 Å². The summed E-state index contributed by atoms with van der Waals surface area (Å²) in [4.78, 5) is 0. The fourth-order valence-electron chi connectivity index (χ4n) is 1.41. The first-order valence-electron chi connectivity index (χ1n) is 5.15. The molecule has 0 saturated heterocycles. The van der Waals surface area contributed by atoms with Crippen LogP contribution in [0.4, 0.5) is 0 Å². The van der Waals surface area contributed by atoms with Gasteiger partial charge in [-0.1, -0.05) is 27.7 Å². The van der Waals surface area contributed by atoms with Gasteiger partial charge in [-0.3, -0.25) is 0 Å². The molecule has 0 N–H and O–H groups in total. The van der Waals surface area contributed by atoms with Crippen LogP contribution in [0.25, 0.3) is 0 Å². The van der Waals surface area contributed by atoms with Crippen molar-refractivity contribution in [2.75, 3.05) is 6.61 Å². The third-order valence-corrected chi connectivity index (χ3v) is 2.13. The summed E-state index contributed by atoms with van der Waals surface area (Å²) in [5.74, 6) is 0.617. The van der Waals surface area contributed by atoms with E-state index in [9.17, 15) is 0 Å². The van der Waals surface area contributed by atoms with Crippen molar-refractivity contribution in [3.63, 3.8) is 0 Å². The summed E-state index contributed by atoms with van der Waals surface area (Å²) < 4.78 is 5.27. The first-order chi connectivity index (χ1) is 5.87. The van der Waals surface area contributed by atoms with Crippen LogP contribution in [0.15, 0.2) is 11.8 Å². The van der Waals surface area contributed by atoms with Crippen LogP contribution in [-0.4, -0.2) is 6.61 Å². The van der Waals surface area contributed by atoms with Gasteiger partial charge in [0.1, 0.15) is 0 Å². The van der Waals surface area contributed by atoms with E-state index >= 15 is 0 Å². The molecule has 0 saturated carbocycles. The topological polar surface area (TPSA) is 9.23 Å². The quantitative estimate of drug-likeness (QED) is 0.600. The molecule has 1 nitrogen and oxygen atoms in total. The Morgan fingerprint density at radius 3 is 2.31 bits per heavy atom. The summed E-state index contributed by atoms with van der Waals surface area (Å²) in [6, 6.07) is 0. The van der Waals surface area contributed by atoms with Crippen LogP contribution in [0.1, 0.15) is 48.0 Å². The number of hydrogen-bond acceptors (Lipinski definition) is 1. The van der Waals surface area contributed by atoms with Gasteiger partial charge in [-0.15, -0.1) is 0 Å². The van der Waals surface area contributed by atoms with Gasteiger partial charge in [-0.2, -0.15) is 0 Å². The molecule has 0 aromatic heterocycles. The largest absolute Gasteiger partial charge is 0.502 e. The highest BCUT2D eigenvalue weighted by Gasteiger charge is 2.16. The van der Waals surface area contributed by atoms with Crippen LogP contribution in [0, 0.1) is 11.3 Å². The first kappa shape index (κ1) is 12.5. The monoisotopic (exact) mass is 184 g/mol. The molecule has 0 amide bonds. The van der Waals surface area contributed by atoms with E-state index in [0.717, 1.165) is 6.61 Å². The van der Waals surface area contributed by atoms with Crippen molar-refractivity contribution < 1.29 is 4.74 Å². The highest BCUT2D eigenvalue weighted by Crippen LogP contribution is 2.28. The Labute approximate surface area is 83.2 Å². The summed E-state index contributed by atoms with van der Waals surface area (Å²) in [6.45, 7) is 14.0. The molecule has 0 aromatic rings. The number of hydrogen-bond donors (Lipinski definition) is 0. The summed E-state index contributed by atoms with van der Waals surface area (Å²) in [5, 5.41) is 0. The maximum absolute atomic E-state index is 5.27. The van der Waals surface area contributed by atoms with E-state index in [1.54, 1.807) is 0 Å². The predicted octanol–water partition coefficient (Wildman–Crippen LogP) is 4.00. The van der Waals surface area contributed by atoms with Crippen LogP contribution in [-0.2, 0) is 4.74 Å². The minimum absolute atomic E-state index is 0.404. The van der Waals surface area contributed by atoms with Crippen molar-refractivity contribution in [3.8, 4) is 0 Å². The predicted molar refractivity (Wildman–Crippen MR) is 58.6 cm³/mol. The van der Waals surface area contributed by atoms with Gasteiger partial charge in [-0.05, 0) is 37.2 Å². The Bertz CT molecular complexity index is 162. The molecular weight excluding hydrogens is 160 g/mol. The zero-order valence-electron chi connectivity index (χ0n) is 9.98. The number of rotatable bonds is 4. The van der Waals surface area contributed by atoms with Gasteiger partial charge in [0.05, 0.1) is 12.9 Å². The van der Waals surface area contributed by atoms with E-state index in [1.807, 2.05) is 13.2 Å². The lowest BCUT2D eigenvalue weighted by molar-refractivity contribution is 0.257. The summed E-state index contributed by atoms with van der Waals surface area (Å²) >= 11 is 0. The lowest BCUT2D eigenvalue weighted by Gasteiger charge is -2.23. The Balaban J connectivity index is 4.03. The van der Waals surface area contributed by atoms with E-state index in [0.29, 0.717) is 11.3 Å². The van der Waals surface area contributed by atoms with E-state index < -0.39 is 0 Å². The molecule has 0 radical (unpaired) electrons. The molecule has 0 heterocycles. The molecule has 0 aliphatic rings. The molecule has 1 heteroatoms. The first-order valence-corrected chi connectivity index (χ1v) is 5.15. The average Bonchev–Trinajstić information content (AvgIpc) is 1.96. The van der Waals surface area contributed by atoms with E-state index in [2.05, 4.69) is 34.6 Å². The van der Waals surface area contributed by atoms with Crippen LogP contribution in [0.2, 0.25) is 0 Å². The molecule has 78 valence electrons. The molecular formula is C12H24O. The van der Waals surface area contributed by atoms with Crippen LogP contribution in [0.5, 0.6) is 0 Å². The van der Waals surface area contributed by atoms with Crippen molar-refractivity contribution >= 4 is 0 Å². The Morgan fingerprint density at radius 1 is 1.38 bits per heavy atom. The number of allylic oxidation sites excluding steroid dienone is 1. The third kappa shape index (κ3) is 6.68. The molecule has 0 spiro atoms. The van der Waals surface area contributed by atoms with Crippen LogP contribution in [0.3, 0.4) is 0 Å². The molecule has 0 aromatic carbocycles. The fraction of sp³-hybridized carbons (Fsp3) is 0.833. The van der Waals surface area contributed by atoms with Crippen molar-refractivity contribution in [1.82, 2.24) is 0 Å². The lowest BCUT2D eigenvalue weighted by atomic mass is 9.83. The van der Waals surface area contributed by atoms with E-state index in [-0.39, 0.29) is 0 Å². The average molecular weight is 184 g/mol. The zero-order chi connectivity index (χ0) is 10.5. The molecule has 1 atom stereocenters. The van der Waals surface area contributed by atoms with Gasteiger partial charge in [0.25, 0.3) is 0 Å². The summed E-state index contributed by atoms with van der Waals surface area (Å²) in [7, 11) is 0. The van der Waals surface area contributed by atoms with Crippen LogP contribution >= 0.6 is 0 Å². The highest BCUT2D eigenvalue weighted by molar-refractivity contribution is 4.99. The Morgan fingerprint density at radius 2 is 1.92 bits per heavy atom. The molecule has 0 aliphatic carbocycles. The smallest absolute Gasteiger partial charge is 0.0845 e. The van der Waals surface area contributed by atoms with Gasteiger partial charge >= 0.3 is 0 Å². The molecule has 0 bridgehead atoms. The molecule has 0 fully saturated rings. The van der Waals surface area contributed by atoms with Gasteiger partial charge in [-0.25, -0.2) is 0 Å². The Kier molecular flexibility index (Phi) is 5.12. The van der Waals surface area contributed by atoms with Gasteiger partial charge in [0, 0.05) is 0 Å². The minimum Gasteiger partial charge on any atom is -0.502 e. The molecule has 0 aliphatic heterocycles. The Hall–Kier alpha value is -0.460. The van der Waals surface area contributed by atoms with Gasteiger partial charge in [0.15, 0.2) is 0 Å². The van der Waals surface area contributed by atoms with Crippen molar-refractivity contribution in [2.45, 2.75) is 48.0 Å². The second-order valence-corrected chi connectivity index (χ2v) is 4.98. The summed E-state index contributed by atoms with van der Waals surface area (Å²) in [6.07, 6.45) is 3.11. The van der Waals surface area contributed by atoms with Crippen molar-refractivity contribution in [3.05, 3.63) is 11.8 Å². The second-order valence-electron chi connectivity index (χ2n) is 4.98. The zero-order valence-corrected chi connectivity index (χ0v) is 9.98. The molecule has 1 unspecified atom stereocenters. The van der Waals surface area contributed by atoms with Crippen molar-refractivity contribution in [2.24, 2.45) is 11.3 Å². The maximum atomic E-state index is 5.27. The van der Waals surface area contributed by atoms with Gasteiger partial charge in [0.2, 0.25) is 0 Å². The number of ether oxygens (including phenoxy) is 1. The fourth-order valence-corrected chi connectivity index (χ4v) is 1.41. The maximum Gasteiger partial charge on any atom is 0.0845 e. The molecule has 0 rings (SSSR count). The second kappa shape index (κ2) is 5.31. The normalized spacial score (nSPS) is 15.7. The van der Waals surface area contributed by atoms with E-state index in [1.165, 1.54) is 12.0 Å². The lowest BCUT2D eigenvalue weighted by Crippen LogP contribution is -2.11. The van der Waals surface area contributed by atoms with Gasteiger partial charge < -0.3 is 4.74 Å². The van der Waals surface area contributed by atoms with E-state index in [4.69, 9.17) is 4.74 Å². The van der Waals surface area contributed by atoms with Crippen LogP contribution < -0.4 is 0 Å². The highest BCUT2D eigenvalue weighted by atomic mass is 16.5. The standard InChI is InChI=1S/C12H24O/c1-7-13-9-11(3)10(2)8-12(4,5)6/h9-10H,7-8H2,1-6H3. The molecule has 13 heavy (non-hydrogen) atoms. The third-order valence-electron chi connectivity index (χ3n) is 2.13.